The Morgan fingerprint density at radius 2 is 1.97 bits per heavy atom. The van der Waals surface area contributed by atoms with Crippen molar-refractivity contribution in [2.24, 2.45) is 5.92 Å². The van der Waals surface area contributed by atoms with Gasteiger partial charge in [0.15, 0.2) is 0 Å². The van der Waals surface area contributed by atoms with Gasteiger partial charge in [0.1, 0.15) is 17.3 Å². The molecule has 1 aliphatic heterocycles. The molecule has 1 saturated heterocycles. The number of pyridine rings is 1. The number of piperidine rings is 1. The minimum Gasteiger partial charge on any atom is -0.351 e. The molecular weight excluding hydrogens is 392 g/mol. The molecule has 10 heteroatoms. The van der Waals surface area contributed by atoms with E-state index in [4.69, 9.17) is 0 Å². The van der Waals surface area contributed by atoms with Crippen LogP contribution in [-0.2, 0) is 15.6 Å². The van der Waals surface area contributed by atoms with Gasteiger partial charge >= 0.3 is 0 Å². The van der Waals surface area contributed by atoms with Gasteiger partial charge in [0.05, 0.1) is 11.8 Å². The average molecular weight is 414 g/mol. The van der Waals surface area contributed by atoms with E-state index in [1.54, 1.807) is 16.8 Å². The lowest BCUT2D eigenvalue weighted by molar-refractivity contribution is -0.0884. The third-order valence-corrected chi connectivity index (χ3v) is 7.90. The number of anilines is 1. The highest BCUT2D eigenvalue weighted by molar-refractivity contribution is 7.88. The summed E-state index contributed by atoms with van der Waals surface area (Å²) >= 11 is 0. The number of hydrogen-bond donors (Lipinski definition) is 1. The van der Waals surface area contributed by atoms with Crippen LogP contribution in [0.15, 0.2) is 17.1 Å². The van der Waals surface area contributed by atoms with Crippen LogP contribution in [0.25, 0.3) is 11.0 Å². The van der Waals surface area contributed by atoms with Gasteiger partial charge in [-0.1, -0.05) is 0 Å². The SMILES string of the molecule is CS(=O)(=O)N1CCC(Nc2ncc3cc(C#N)c(=O)n(C45CC(C4)C5)c3n2)CC1. The summed E-state index contributed by atoms with van der Waals surface area (Å²) in [4.78, 5) is 21.9. The maximum absolute atomic E-state index is 12.9. The maximum Gasteiger partial charge on any atom is 0.270 e. The average Bonchev–Trinajstić information content (AvgIpc) is 2.61. The Kier molecular flexibility index (Phi) is 3.98. The molecule has 3 saturated carbocycles. The molecule has 3 heterocycles. The summed E-state index contributed by atoms with van der Waals surface area (Å²) in [5.74, 6) is 1.11. The summed E-state index contributed by atoms with van der Waals surface area (Å²) in [6.07, 6.45) is 7.11. The lowest BCUT2D eigenvalue weighted by Gasteiger charge is -2.62. The van der Waals surface area contributed by atoms with E-state index in [0.717, 1.165) is 19.3 Å². The highest BCUT2D eigenvalue weighted by atomic mass is 32.2. The first kappa shape index (κ1) is 18.5. The lowest BCUT2D eigenvalue weighted by Crippen LogP contribution is -2.62. The minimum atomic E-state index is -3.17. The van der Waals surface area contributed by atoms with Crippen molar-refractivity contribution in [3.05, 3.63) is 28.2 Å². The van der Waals surface area contributed by atoms with Gasteiger partial charge in [-0.3, -0.25) is 9.36 Å². The Hall–Kier alpha value is -2.51. The summed E-state index contributed by atoms with van der Waals surface area (Å²) in [5, 5.41) is 13.3. The number of nitriles is 1. The van der Waals surface area contributed by atoms with Crippen molar-refractivity contribution in [2.45, 2.75) is 43.7 Å². The third kappa shape index (κ3) is 2.91. The van der Waals surface area contributed by atoms with Crippen molar-refractivity contribution in [2.75, 3.05) is 24.7 Å². The number of hydrogen-bond acceptors (Lipinski definition) is 7. The molecule has 0 amide bonds. The second-order valence-electron chi connectivity index (χ2n) is 8.57. The van der Waals surface area contributed by atoms with Crippen LogP contribution in [0.3, 0.4) is 0 Å². The molecule has 0 spiro atoms. The Morgan fingerprint density at radius 1 is 1.28 bits per heavy atom. The monoisotopic (exact) mass is 414 g/mol. The number of nitrogens with one attached hydrogen (secondary N) is 1. The fourth-order valence-corrected chi connectivity index (χ4v) is 5.78. The third-order valence-electron chi connectivity index (χ3n) is 6.60. The van der Waals surface area contributed by atoms with Gasteiger partial charge in [-0.2, -0.15) is 10.2 Å². The first-order chi connectivity index (χ1) is 13.8. The van der Waals surface area contributed by atoms with E-state index in [1.165, 1.54) is 10.6 Å². The summed E-state index contributed by atoms with van der Waals surface area (Å²) < 4.78 is 26.6. The second kappa shape index (κ2) is 6.24. The molecule has 0 radical (unpaired) electrons. The van der Waals surface area contributed by atoms with Crippen LogP contribution >= 0.6 is 0 Å². The fourth-order valence-electron chi connectivity index (χ4n) is 4.91. The quantitative estimate of drug-likeness (QED) is 0.792. The number of rotatable bonds is 4. The molecular formula is C19H22N6O3S. The van der Waals surface area contributed by atoms with Crippen LogP contribution in [0.4, 0.5) is 5.95 Å². The topological polar surface area (TPSA) is 121 Å². The van der Waals surface area contributed by atoms with E-state index in [9.17, 15) is 18.5 Å². The summed E-state index contributed by atoms with van der Waals surface area (Å²) in [5.41, 5.74) is 0.224. The first-order valence-corrected chi connectivity index (χ1v) is 11.7. The Morgan fingerprint density at radius 3 is 2.52 bits per heavy atom. The van der Waals surface area contributed by atoms with E-state index in [2.05, 4.69) is 15.3 Å². The van der Waals surface area contributed by atoms with E-state index >= 15 is 0 Å². The maximum atomic E-state index is 12.9. The van der Waals surface area contributed by atoms with Crippen LogP contribution in [0.5, 0.6) is 0 Å². The van der Waals surface area contributed by atoms with Crippen molar-refractivity contribution in [1.29, 1.82) is 5.26 Å². The number of sulfonamides is 1. The van der Waals surface area contributed by atoms with Gasteiger partial charge in [-0.15, -0.1) is 0 Å². The molecule has 4 aliphatic rings. The molecule has 152 valence electrons. The van der Waals surface area contributed by atoms with Crippen molar-refractivity contribution in [3.63, 3.8) is 0 Å². The van der Waals surface area contributed by atoms with Crippen molar-refractivity contribution in [1.82, 2.24) is 18.8 Å². The predicted octanol–water partition coefficient (Wildman–Crippen LogP) is 1.01. The van der Waals surface area contributed by atoms with Crippen LogP contribution in [-0.4, -0.2) is 52.6 Å². The van der Waals surface area contributed by atoms with Gasteiger partial charge in [-0.05, 0) is 44.1 Å². The molecule has 2 aromatic rings. The first-order valence-electron chi connectivity index (χ1n) is 9.84. The van der Waals surface area contributed by atoms with Crippen LogP contribution < -0.4 is 10.9 Å². The molecule has 3 aliphatic carbocycles. The van der Waals surface area contributed by atoms with E-state index in [0.29, 0.717) is 48.8 Å². The zero-order valence-electron chi connectivity index (χ0n) is 16.1. The fraction of sp³-hybridized carbons (Fsp3) is 0.579. The van der Waals surface area contributed by atoms with Gasteiger partial charge in [-0.25, -0.2) is 17.7 Å². The minimum absolute atomic E-state index is 0.0685. The number of nitrogens with zero attached hydrogens (tertiary/aromatic N) is 5. The number of fused-ring (bicyclic) bond motifs is 1. The van der Waals surface area contributed by atoms with Crippen molar-refractivity contribution < 1.29 is 8.42 Å². The van der Waals surface area contributed by atoms with Gasteiger partial charge < -0.3 is 5.32 Å². The Labute approximate surface area is 168 Å². The smallest absolute Gasteiger partial charge is 0.270 e. The molecule has 0 aromatic carbocycles. The normalized spacial score (nSPS) is 27.1. The van der Waals surface area contributed by atoms with Crippen LogP contribution in [0.2, 0.25) is 0 Å². The van der Waals surface area contributed by atoms with E-state index in [1.807, 2.05) is 6.07 Å². The molecule has 2 aromatic heterocycles. The van der Waals surface area contributed by atoms with Crippen molar-refractivity contribution >= 4 is 27.0 Å². The standard InChI is InChI=1S/C19H22N6O3S/c1-29(27,28)24-4-2-15(3-5-24)22-18-21-11-14-6-13(10-20)17(26)25(16(14)23-18)19-7-12(8-19)9-19/h6,11-12,15H,2-5,7-9H2,1H3,(H,21,22,23). The van der Waals surface area contributed by atoms with Gasteiger partial charge in [0.2, 0.25) is 16.0 Å². The molecule has 4 fully saturated rings. The summed E-state index contributed by atoms with van der Waals surface area (Å²) in [6, 6.07) is 3.64. The van der Waals surface area contributed by atoms with Gasteiger partial charge in [0.25, 0.3) is 5.56 Å². The Bertz CT molecular complexity index is 1190. The lowest BCUT2D eigenvalue weighted by atomic mass is 9.49. The van der Waals surface area contributed by atoms with Crippen molar-refractivity contribution in [3.8, 4) is 6.07 Å². The highest BCUT2D eigenvalue weighted by Gasteiger charge is 2.59. The molecule has 29 heavy (non-hydrogen) atoms. The van der Waals surface area contributed by atoms with E-state index in [-0.39, 0.29) is 22.7 Å². The predicted molar refractivity (Wildman–Crippen MR) is 107 cm³/mol. The molecule has 9 nitrogen and oxygen atoms in total. The molecule has 0 atom stereocenters. The highest BCUT2D eigenvalue weighted by Crippen LogP contribution is 2.62. The zero-order chi connectivity index (χ0) is 20.4. The Balaban J connectivity index is 1.46. The molecule has 2 bridgehead atoms. The zero-order valence-corrected chi connectivity index (χ0v) is 16.9. The molecule has 0 unspecified atom stereocenters. The largest absolute Gasteiger partial charge is 0.351 e. The second-order valence-corrected chi connectivity index (χ2v) is 10.5. The van der Waals surface area contributed by atoms with Crippen LogP contribution in [0.1, 0.15) is 37.7 Å². The van der Waals surface area contributed by atoms with Crippen LogP contribution in [0, 0.1) is 17.2 Å². The number of aromatic nitrogens is 3. The molecule has 1 N–H and O–H groups in total. The summed E-state index contributed by atoms with van der Waals surface area (Å²) in [6.45, 7) is 0.926. The summed E-state index contributed by atoms with van der Waals surface area (Å²) in [7, 11) is -3.17. The van der Waals surface area contributed by atoms with Gasteiger partial charge in [0, 0.05) is 30.7 Å². The molecule has 6 rings (SSSR count). The van der Waals surface area contributed by atoms with E-state index < -0.39 is 10.0 Å².